The smallest absolute Gasteiger partial charge is 0.315 e. The number of hydrogen-bond acceptors (Lipinski definition) is 3. The molecule has 1 aromatic rings. The van der Waals surface area contributed by atoms with Crippen molar-refractivity contribution in [2.75, 3.05) is 13.1 Å². The molecule has 1 aromatic heterocycles. The predicted octanol–water partition coefficient (Wildman–Crippen LogP) is 1.18. The summed E-state index contributed by atoms with van der Waals surface area (Å²) >= 11 is 0. The van der Waals surface area contributed by atoms with Gasteiger partial charge in [-0.15, -0.1) is 0 Å². The number of nitrogens with zero attached hydrogens (tertiary/aromatic N) is 2. The lowest BCUT2D eigenvalue weighted by molar-refractivity contribution is -0.141. The van der Waals surface area contributed by atoms with Gasteiger partial charge in [-0.05, 0) is 6.07 Å². The summed E-state index contributed by atoms with van der Waals surface area (Å²) in [5, 5.41) is 2.96. The Balaban J connectivity index is 2.26. The molecule has 1 fully saturated rings. The average molecular weight is 203 g/mol. The maximum Gasteiger partial charge on any atom is 0.433 e. The summed E-state index contributed by atoms with van der Waals surface area (Å²) in [6.07, 6.45) is -3.22. The van der Waals surface area contributed by atoms with E-state index in [2.05, 4.69) is 15.3 Å². The topological polar surface area (TPSA) is 37.8 Å². The molecule has 0 saturated carbocycles. The number of aromatic nitrogens is 2. The second kappa shape index (κ2) is 3.20. The van der Waals surface area contributed by atoms with E-state index >= 15 is 0 Å². The van der Waals surface area contributed by atoms with Gasteiger partial charge in [0.05, 0.1) is 0 Å². The molecule has 0 amide bonds. The SMILES string of the molecule is FC(F)(F)c1ccnc(C2CNC2)n1. The highest BCUT2D eigenvalue weighted by atomic mass is 19.4. The van der Waals surface area contributed by atoms with Gasteiger partial charge >= 0.3 is 6.18 Å². The van der Waals surface area contributed by atoms with Crippen LogP contribution in [-0.4, -0.2) is 23.1 Å². The molecular formula is C8H8F3N3. The van der Waals surface area contributed by atoms with E-state index in [-0.39, 0.29) is 11.7 Å². The quantitative estimate of drug-likeness (QED) is 0.744. The Kier molecular flexibility index (Phi) is 2.14. The first kappa shape index (κ1) is 9.39. The van der Waals surface area contributed by atoms with Crippen LogP contribution in [0.5, 0.6) is 0 Å². The predicted molar refractivity (Wildman–Crippen MR) is 42.6 cm³/mol. The van der Waals surface area contributed by atoms with Crippen molar-refractivity contribution in [3.8, 4) is 0 Å². The Bertz CT molecular complexity index is 333. The average Bonchev–Trinajstić information content (AvgIpc) is 2.00. The Morgan fingerprint density at radius 2 is 2.07 bits per heavy atom. The van der Waals surface area contributed by atoms with Gasteiger partial charge in [-0.2, -0.15) is 13.2 Å². The van der Waals surface area contributed by atoms with Gasteiger partial charge in [0.15, 0.2) is 0 Å². The molecule has 0 aliphatic carbocycles. The van der Waals surface area contributed by atoms with Gasteiger partial charge in [0.1, 0.15) is 11.5 Å². The lowest BCUT2D eigenvalue weighted by atomic mass is 10.0. The van der Waals surface area contributed by atoms with Gasteiger partial charge in [-0.25, -0.2) is 9.97 Å². The highest BCUT2D eigenvalue weighted by Crippen LogP contribution is 2.28. The summed E-state index contributed by atoms with van der Waals surface area (Å²) in [5.74, 6) is 0.302. The molecule has 6 heteroatoms. The number of alkyl halides is 3. The van der Waals surface area contributed by atoms with Gasteiger partial charge in [-0.1, -0.05) is 0 Å². The van der Waals surface area contributed by atoms with Crippen molar-refractivity contribution in [2.45, 2.75) is 12.1 Å². The minimum atomic E-state index is -4.38. The van der Waals surface area contributed by atoms with Crippen LogP contribution in [0.1, 0.15) is 17.4 Å². The van der Waals surface area contributed by atoms with Crippen LogP contribution in [0.25, 0.3) is 0 Å². The van der Waals surface area contributed by atoms with Crippen molar-refractivity contribution < 1.29 is 13.2 Å². The largest absolute Gasteiger partial charge is 0.433 e. The van der Waals surface area contributed by atoms with Crippen molar-refractivity contribution in [3.05, 3.63) is 23.8 Å². The van der Waals surface area contributed by atoms with Gasteiger partial charge in [0.2, 0.25) is 0 Å². The third-order valence-electron chi connectivity index (χ3n) is 2.11. The minimum Gasteiger partial charge on any atom is -0.315 e. The first-order chi connectivity index (χ1) is 6.57. The fourth-order valence-corrected chi connectivity index (χ4v) is 1.20. The molecule has 0 atom stereocenters. The second-order valence-corrected chi connectivity index (χ2v) is 3.15. The summed E-state index contributed by atoms with van der Waals surface area (Å²) < 4.78 is 36.7. The first-order valence-corrected chi connectivity index (χ1v) is 4.18. The van der Waals surface area contributed by atoms with Crippen LogP contribution in [-0.2, 0) is 6.18 Å². The molecule has 0 radical (unpaired) electrons. The van der Waals surface area contributed by atoms with Crippen LogP contribution in [0.4, 0.5) is 13.2 Å². The van der Waals surface area contributed by atoms with Gasteiger partial charge in [0.25, 0.3) is 0 Å². The van der Waals surface area contributed by atoms with Gasteiger partial charge in [-0.3, -0.25) is 0 Å². The second-order valence-electron chi connectivity index (χ2n) is 3.15. The zero-order valence-electron chi connectivity index (χ0n) is 7.17. The zero-order valence-corrected chi connectivity index (χ0v) is 7.17. The monoisotopic (exact) mass is 203 g/mol. The number of hydrogen-bond donors (Lipinski definition) is 1. The van der Waals surface area contributed by atoms with E-state index in [1.165, 1.54) is 0 Å². The van der Waals surface area contributed by atoms with Crippen LogP contribution >= 0.6 is 0 Å². The molecule has 3 nitrogen and oxygen atoms in total. The highest BCUT2D eigenvalue weighted by Gasteiger charge is 2.34. The summed E-state index contributed by atoms with van der Waals surface area (Å²) in [5.41, 5.74) is -0.866. The molecule has 1 aliphatic rings. The Morgan fingerprint density at radius 1 is 1.36 bits per heavy atom. The molecule has 0 aromatic carbocycles. The molecule has 14 heavy (non-hydrogen) atoms. The fraction of sp³-hybridized carbons (Fsp3) is 0.500. The Hall–Kier alpha value is -1.17. The number of halogens is 3. The molecule has 2 heterocycles. The standard InChI is InChI=1S/C8H8F3N3/c9-8(10,11)6-1-2-13-7(14-6)5-3-12-4-5/h1-2,5,12H,3-4H2. The molecule has 0 bridgehead atoms. The molecule has 1 saturated heterocycles. The molecule has 2 rings (SSSR count). The minimum absolute atomic E-state index is 0.0253. The van der Waals surface area contributed by atoms with E-state index in [1.54, 1.807) is 0 Å². The Morgan fingerprint density at radius 3 is 2.57 bits per heavy atom. The van der Waals surface area contributed by atoms with Crippen molar-refractivity contribution in [1.29, 1.82) is 0 Å². The lowest BCUT2D eigenvalue weighted by Crippen LogP contribution is -2.41. The van der Waals surface area contributed by atoms with Gasteiger partial charge in [0, 0.05) is 25.2 Å². The molecule has 76 valence electrons. The van der Waals surface area contributed by atoms with Crippen molar-refractivity contribution in [3.63, 3.8) is 0 Å². The van der Waals surface area contributed by atoms with Crippen LogP contribution in [0.15, 0.2) is 12.3 Å². The van der Waals surface area contributed by atoms with E-state index in [9.17, 15) is 13.2 Å². The van der Waals surface area contributed by atoms with Crippen molar-refractivity contribution in [2.24, 2.45) is 0 Å². The molecule has 0 unspecified atom stereocenters. The van der Waals surface area contributed by atoms with E-state index in [4.69, 9.17) is 0 Å². The number of nitrogens with one attached hydrogen (secondary N) is 1. The maximum atomic E-state index is 12.2. The first-order valence-electron chi connectivity index (χ1n) is 4.18. The van der Waals surface area contributed by atoms with Gasteiger partial charge < -0.3 is 5.32 Å². The zero-order chi connectivity index (χ0) is 10.2. The van der Waals surface area contributed by atoms with Crippen LogP contribution in [0.2, 0.25) is 0 Å². The summed E-state index contributed by atoms with van der Waals surface area (Å²) in [6.45, 7) is 1.31. The van der Waals surface area contributed by atoms with Crippen molar-refractivity contribution in [1.82, 2.24) is 15.3 Å². The molecular weight excluding hydrogens is 195 g/mol. The summed E-state index contributed by atoms with van der Waals surface area (Å²) in [4.78, 5) is 7.31. The third kappa shape index (κ3) is 1.70. The molecule has 1 aliphatic heterocycles. The number of rotatable bonds is 1. The summed E-state index contributed by atoms with van der Waals surface area (Å²) in [6, 6.07) is 0.885. The highest BCUT2D eigenvalue weighted by molar-refractivity contribution is 5.11. The third-order valence-corrected chi connectivity index (χ3v) is 2.11. The fourth-order valence-electron chi connectivity index (χ4n) is 1.20. The normalized spacial score (nSPS) is 17.9. The van der Waals surface area contributed by atoms with Crippen LogP contribution in [0, 0.1) is 0 Å². The summed E-state index contributed by atoms with van der Waals surface area (Å²) in [7, 11) is 0. The lowest BCUT2D eigenvalue weighted by Gasteiger charge is -2.25. The molecule has 1 N–H and O–H groups in total. The molecule has 0 spiro atoms. The maximum absolute atomic E-state index is 12.2. The van der Waals surface area contributed by atoms with E-state index in [0.717, 1.165) is 12.3 Å². The van der Waals surface area contributed by atoms with Crippen LogP contribution in [0.3, 0.4) is 0 Å². The van der Waals surface area contributed by atoms with E-state index < -0.39 is 11.9 Å². The Labute approximate surface area is 78.4 Å². The van der Waals surface area contributed by atoms with Crippen LogP contribution < -0.4 is 5.32 Å². The van der Waals surface area contributed by atoms with Crippen molar-refractivity contribution >= 4 is 0 Å². The van der Waals surface area contributed by atoms with E-state index in [0.29, 0.717) is 13.1 Å². The van der Waals surface area contributed by atoms with E-state index in [1.807, 2.05) is 0 Å².